The van der Waals surface area contributed by atoms with Crippen LogP contribution in [0, 0.1) is 5.41 Å². The van der Waals surface area contributed by atoms with Crippen LogP contribution >= 0.6 is 12.2 Å². The summed E-state index contributed by atoms with van der Waals surface area (Å²) in [6, 6.07) is 5.45. The number of carbonyl (C=O) groups is 1. The van der Waals surface area contributed by atoms with E-state index in [-0.39, 0.29) is 11.2 Å². The standard InChI is InChI=1S/C20H21N2O3S.C5H11NO/c1-20(2)8-13-18(14(23)9-20)17(12(10-21)19(26)22-13)11-5-6-15(24-3)16(7-11)25-4;1-6-2-4-7-5-3-6/h5-7,17H,8-9H2,1-4H3,(H,22,26);2-5H2,1H3/q-1;/p+1. The zero-order valence-electron chi connectivity index (χ0n) is 20.0. The molecule has 0 amide bonds. The minimum atomic E-state index is -0.479. The summed E-state index contributed by atoms with van der Waals surface area (Å²) < 4.78 is 15.8. The zero-order valence-corrected chi connectivity index (χ0v) is 20.9. The van der Waals surface area contributed by atoms with Gasteiger partial charge in [0.2, 0.25) is 0 Å². The smallest absolute Gasteiger partial charge is 0.162 e. The van der Waals surface area contributed by atoms with E-state index in [9.17, 15) is 10.2 Å². The molecule has 2 heterocycles. The lowest BCUT2D eigenvalue weighted by molar-refractivity contribution is -0.888. The highest BCUT2D eigenvalue weighted by Crippen LogP contribution is 2.46. The normalized spacial score (nSPS) is 22.5. The maximum atomic E-state index is 13.0. The molecule has 0 bridgehead atoms. The molecule has 8 heteroatoms. The van der Waals surface area contributed by atoms with E-state index in [1.54, 1.807) is 25.2 Å². The topological polar surface area (TPSA) is 83.5 Å². The monoisotopic (exact) mass is 471 g/mol. The van der Waals surface area contributed by atoms with Crippen LogP contribution in [0.2, 0.25) is 0 Å². The van der Waals surface area contributed by atoms with Gasteiger partial charge in [0, 0.05) is 29.2 Å². The lowest BCUT2D eigenvalue weighted by Crippen LogP contribution is -3.11. The summed E-state index contributed by atoms with van der Waals surface area (Å²) in [5.41, 5.74) is 2.52. The number of benzene rings is 1. The fourth-order valence-corrected chi connectivity index (χ4v) is 4.75. The molecule has 0 spiro atoms. The number of Topliss-reactive ketones (excluding diaryl/α,β-unsaturated/α-hetero) is 1. The second-order valence-corrected chi connectivity index (χ2v) is 9.84. The Bertz CT molecular complexity index is 1000. The Kier molecular flexibility index (Phi) is 8.08. The third kappa shape index (κ3) is 5.71. The number of morpholine rings is 1. The van der Waals surface area contributed by atoms with E-state index in [1.165, 1.54) is 13.1 Å². The molecule has 1 aromatic carbocycles. The van der Waals surface area contributed by atoms with Crippen molar-refractivity contribution in [3.05, 3.63) is 46.0 Å². The second-order valence-electron chi connectivity index (χ2n) is 9.43. The Morgan fingerprint density at radius 3 is 2.39 bits per heavy atom. The summed E-state index contributed by atoms with van der Waals surface area (Å²) in [5.74, 6) is 2.92. The summed E-state index contributed by atoms with van der Waals surface area (Å²) >= 11 is 5.42. The number of rotatable bonds is 3. The third-order valence-corrected chi connectivity index (χ3v) is 6.54. The van der Waals surface area contributed by atoms with Gasteiger partial charge in [0.05, 0.1) is 34.5 Å². The van der Waals surface area contributed by atoms with Crippen molar-refractivity contribution in [2.24, 2.45) is 5.41 Å². The molecule has 2 aliphatic heterocycles. The molecule has 1 fully saturated rings. The molecular formula is C25H33N3O4S. The number of hydrogen-bond donors (Lipinski definition) is 2. The van der Waals surface area contributed by atoms with Crippen LogP contribution in [0.15, 0.2) is 35.0 Å². The van der Waals surface area contributed by atoms with E-state index in [2.05, 4.69) is 32.1 Å². The lowest BCUT2D eigenvalue weighted by Gasteiger charge is -2.39. The highest BCUT2D eigenvalue weighted by atomic mass is 32.1. The fourth-order valence-electron chi connectivity index (χ4n) is 4.46. The molecule has 0 aromatic heterocycles. The Morgan fingerprint density at radius 2 is 1.85 bits per heavy atom. The molecule has 0 saturated carbocycles. The Hall–Kier alpha value is -2.51. The van der Waals surface area contributed by atoms with Crippen molar-refractivity contribution >= 4 is 28.9 Å². The number of quaternary nitrogens is 1. The maximum absolute atomic E-state index is 13.0. The number of allylic oxidation sites excluding steroid dienone is 2. The number of ether oxygens (including phenoxy) is 3. The SMILES string of the molecule is COc1ccc(C2C(=C=[N-])C(=S)NC3=C2C(=O)CC(C)(C)C3)cc1OC.C[NH+]1CCOCC1. The van der Waals surface area contributed by atoms with Gasteiger partial charge in [-0.3, -0.25) is 10.7 Å². The van der Waals surface area contributed by atoms with Crippen LogP contribution < -0.4 is 19.7 Å². The molecule has 2 N–H and O–H groups in total. The number of ketones is 1. The minimum Gasteiger partial charge on any atom is -0.763 e. The van der Waals surface area contributed by atoms with Crippen LogP contribution in [0.5, 0.6) is 11.5 Å². The molecule has 1 atom stereocenters. The van der Waals surface area contributed by atoms with E-state index >= 15 is 0 Å². The molecule has 7 nitrogen and oxygen atoms in total. The molecule has 33 heavy (non-hydrogen) atoms. The van der Waals surface area contributed by atoms with Gasteiger partial charge in [0.1, 0.15) is 18.1 Å². The zero-order chi connectivity index (χ0) is 24.2. The van der Waals surface area contributed by atoms with Gasteiger partial charge in [-0.2, -0.15) is 0 Å². The number of nitrogens with zero attached hydrogens (tertiary/aromatic N) is 1. The predicted molar refractivity (Wildman–Crippen MR) is 132 cm³/mol. The first-order chi connectivity index (χ1) is 15.7. The van der Waals surface area contributed by atoms with Gasteiger partial charge in [-0.25, -0.2) is 0 Å². The highest BCUT2D eigenvalue weighted by molar-refractivity contribution is 7.80. The largest absolute Gasteiger partial charge is 0.763 e. The third-order valence-electron chi connectivity index (χ3n) is 6.21. The molecule has 3 aliphatic rings. The van der Waals surface area contributed by atoms with Crippen molar-refractivity contribution in [1.82, 2.24) is 5.32 Å². The Morgan fingerprint density at radius 1 is 1.18 bits per heavy atom. The predicted octanol–water partition coefficient (Wildman–Crippen LogP) is 2.06. The van der Waals surface area contributed by atoms with Crippen LogP contribution in [0.4, 0.5) is 0 Å². The van der Waals surface area contributed by atoms with Crippen molar-refractivity contribution in [3.8, 4) is 11.5 Å². The van der Waals surface area contributed by atoms with Crippen LogP contribution in [0.1, 0.15) is 38.2 Å². The number of carbonyl (C=O) groups excluding carboxylic acids is 1. The Balaban J connectivity index is 0.000000374. The molecular weight excluding hydrogens is 438 g/mol. The summed E-state index contributed by atoms with van der Waals surface area (Å²) in [4.78, 5) is 14.9. The van der Waals surface area contributed by atoms with Gasteiger partial charge in [0.15, 0.2) is 17.3 Å². The van der Waals surface area contributed by atoms with E-state index in [0.29, 0.717) is 34.1 Å². The van der Waals surface area contributed by atoms with Gasteiger partial charge >= 0.3 is 0 Å². The lowest BCUT2D eigenvalue weighted by atomic mass is 9.69. The van der Waals surface area contributed by atoms with Crippen LogP contribution in [0.3, 0.4) is 0 Å². The molecule has 1 aliphatic carbocycles. The van der Waals surface area contributed by atoms with Crippen LogP contribution in [-0.2, 0) is 9.53 Å². The van der Waals surface area contributed by atoms with Gasteiger partial charge in [0.25, 0.3) is 0 Å². The first-order valence-corrected chi connectivity index (χ1v) is 11.6. The number of methoxy groups -OCH3 is 2. The van der Waals surface area contributed by atoms with Crippen molar-refractivity contribution in [3.63, 3.8) is 0 Å². The molecule has 4 rings (SSSR count). The summed E-state index contributed by atoms with van der Waals surface area (Å²) in [6.07, 6.45) is 1.17. The number of thiocarbonyl (C=S) groups is 1. The average molecular weight is 472 g/mol. The summed E-state index contributed by atoms with van der Waals surface area (Å²) in [7, 11) is 5.32. The average Bonchev–Trinajstić information content (AvgIpc) is 2.77. The quantitative estimate of drug-likeness (QED) is 0.399. The Labute approximate surface area is 201 Å². The summed E-state index contributed by atoms with van der Waals surface area (Å²) in [5, 5.41) is 12.8. The van der Waals surface area contributed by atoms with E-state index in [1.807, 2.05) is 12.1 Å². The van der Waals surface area contributed by atoms with Crippen LogP contribution in [0.25, 0.3) is 5.41 Å². The van der Waals surface area contributed by atoms with Crippen molar-refractivity contribution in [2.75, 3.05) is 47.6 Å². The van der Waals surface area contributed by atoms with E-state index in [4.69, 9.17) is 26.4 Å². The van der Waals surface area contributed by atoms with E-state index < -0.39 is 5.92 Å². The summed E-state index contributed by atoms with van der Waals surface area (Å²) in [6.45, 7) is 8.39. The molecule has 1 unspecified atom stereocenters. The van der Waals surface area contributed by atoms with Gasteiger partial charge in [-0.1, -0.05) is 32.1 Å². The molecule has 178 valence electrons. The number of hydrogen-bond acceptors (Lipinski definition) is 5. The fraction of sp³-hybridized carbons (Fsp3) is 0.520. The van der Waals surface area contributed by atoms with Gasteiger partial charge < -0.3 is 29.8 Å². The van der Waals surface area contributed by atoms with Crippen molar-refractivity contribution < 1.29 is 23.9 Å². The molecule has 1 aromatic rings. The second kappa shape index (κ2) is 10.6. The van der Waals surface area contributed by atoms with Crippen molar-refractivity contribution in [2.45, 2.75) is 32.6 Å². The minimum absolute atomic E-state index is 0.0544. The van der Waals surface area contributed by atoms with Crippen LogP contribution in [-0.4, -0.2) is 64.2 Å². The van der Waals surface area contributed by atoms with Gasteiger partial charge in [-0.05, 0) is 29.5 Å². The number of nitrogens with one attached hydrogen (secondary N) is 2. The van der Waals surface area contributed by atoms with Crippen molar-refractivity contribution in [1.29, 1.82) is 0 Å². The van der Waals surface area contributed by atoms with E-state index in [0.717, 1.165) is 30.9 Å². The highest BCUT2D eigenvalue weighted by Gasteiger charge is 2.41. The maximum Gasteiger partial charge on any atom is 0.162 e. The number of likely N-dealkylation sites (N-methyl/N-ethyl adjacent to an activating group) is 1. The van der Waals surface area contributed by atoms with Gasteiger partial charge in [-0.15, -0.1) is 0 Å². The first-order valence-electron chi connectivity index (χ1n) is 11.2. The molecule has 1 saturated heterocycles. The molecule has 0 radical (unpaired) electrons. The first kappa shape index (κ1) is 25.1.